The van der Waals surface area contributed by atoms with E-state index >= 15 is 0 Å². The third kappa shape index (κ3) is 5.95. The molecule has 1 atom stereocenters. The van der Waals surface area contributed by atoms with Crippen molar-refractivity contribution in [3.63, 3.8) is 0 Å². The number of benzene rings is 1. The standard InChI is InChI=1S/C19H20Cl2N2O6/c1-3-22-15(24)6-5-14(19(27)28-4-2)23-17(25)12-8-10-7-11(20)9-13(21)16(10)29-18(12)26/h7-9,14H,3-6H2,1-2H3,(H,22,24)(H,23,25). The van der Waals surface area contributed by atoms with Crippen molar-refractivity contribution in [2.24, 2.45) is 0 Å². The second-order valence-corrected chi connectivity index (χ2v) is 6.87. The average Bonchev–Trinajstić information content (AvgIpc) is 2.65. The van der Waals surface area contributed by atoms with Crippen molar-refractivity contribution in [3.8, 4) is 0 Å². The number of amides is 2. The Morgan fingerprint density at radius 1 is 1.17 bits per heavy atom. The average molecular weight is 443 g/mol. The van der Waals surface area contributed by atoms with E-state index in [4.69, 9.17) is 32.4 Å². The summed E-state index contributed by atoms with van der Waals surface area (Å²) in [6.07, 6.45) is 0.00211. The van der Waals surface area contributed by atoms with Crippen LogP contribution in [-0.2, 0) is 14.3 Å². The molecule has 1 aromatic heterocycles. The summed E-state index contributed by atoms with van der Waals surface area (Å²) in [5.41, 5.74) is -1.16. The molecule has 0 saturated carbocycles. The molecular weight excluding hydrogens is 423 g/mol. The molecule has 0 aliphatic carbocycles. The van der Waals surface area contributed by atoms with Crippen LogP contribution in [0.3, 0.4) is 0 Å². The summed E-state index contributed by atoms with van der Waals surface area (Å²) in [7, 11) is 0. The van der Waals surface area contributed by atoms with Crippen LogP contribution in [0.25, 0.3) is 11.0 Å². The molecule has 1 aromatic carbocycles. The zero-order valence-electron chi connectivity index (χ0n) is 15.8. The Bertz CT molecular complexity index is 989. The zero-order chi connectivity index (χ0) is 21.6. The van der Waals surface area contributed by atoms with Crippen molar-refractivity contribution < 1.29 is 23.5 Å². The van der Waals surface area contributed by atoms with Gasteiger partial charge in [0.05, 0.1) is 11.6 Å². The molecule has 156 valence electrons. The molecule has 8 nitrogen and oxygen atoms in total. The maximum Gasteiger partial charge on any atom is 0.349 e. The lowest BCUT2D eigenvalue weighted by Crippen LogP contribution is -2.43. The van der Waals surface area contributed by atoms with E-state index in [0.717, 1.165) is 0 Å². The highest BCUT2D eigenvalue weighted by Crippen LogP contribution is 2.27. The molecule has 0 aliphatic rings. The third-order valence-electron chi connectivity index (χ3n) is 3.91. The normalized spacial score (nSPS) is 11.7. The van der Waals surface area contributed by atoms with Crippen LogP contribution in [0.5, 0.6) is 0 Å². The van der Waals surface area contributed by atoms with Crippen LogP contribution in [-0.4, -0.2) is 37.0 Å². The number of rotatable bonds is 8. The van der Waals surface area contributed by atoms with Gasteiger partial charge in [0, 0.05) is 23.4 Å². The smallest absolute Gasteiger partial charge is 0.349 e. The van der Waals surface area contributed by atoms with Crippen LogP contribution in [0.1, 0.15) is 37.0 Å². The fraction of sp³-hybridized carbons (Fsp3) is 0.368. The molecule has 2 rings (SSSR count). The number of carbonyl (C=O) groups excluding carboxylic acids is 3. The van der Waals surface area contributed by atoms with Crippen LogP contribution in [0.15, 0.2) is 27.4 Å². The molecule has 0 aliphatic heterocycles. The van der Waals surface area contributed by atoms with Gasteiger partial charge in [-0.1, -0.05) is 23.2 Å². The zero-order valence-corrected chi connectivity index (χ0v) is 17.4. The van der Waals surface area contributed by atoms with Crippen LogP contribution in [0.2, 0.25) is 10.0 Å². The van der Waals surface area contributed by atoms with Crippen molar-refractivity contribution in [2.45, 2.75) is 32.7 Å². The number of carbonyl (C=O) groups is 3. The van der Waals surface area contributed by atoms with Gasteiger partial charge >= 0.3 is 11.6 Å². The fourth-order valence-corrected chi connectivity index (χ4v) is 3.15. The second kappa shape index (κ2) is 10.3. The first-order valence-electron chi connectivity index (χ1n) is 8.93. The van der Waals surface area contributed by atoms with Gasteiger partial charge in [0.15, 0.2) is 5.58 Å². The van der Waals surface area contributed by atoms with Crippen LogP contribution in [0.4, 0.5) is 0 Å². The lowest BCUT2D eigenvalue weighted by molar-refractivity contribution is -0.145. The number of esters is 1. The Hall–Kier alpha value is -2.58. The molecule has 0 spiro atoms. The van der Waals surface area contributed by atoms with E-state index in [-0.39, 0.29) is 41.5 Å². The summed E-state index contributed by atoms with van der Waals surface area (Å²) in [6, 6.07) is 3.07. The lowest BCUT2D eigenvalue weighted by Gasteiger charge is -2.17. The molecule has 2 aromatic rings. The Labute approximate surface area is 176 Å². The minimum atomic E-state index is -1.11. The molecule has 0 bridgehead atoms. The van der Waals surface area contributed by atoms with E-state index in [2.05, 4.69) is 10.6 Å². The number of ether oxygens (including phenoxy) is 1. The Morgan fingerprint density at radius 2 is 1.90 bits per heavy atom. The summed E-state index contributed by atoms with van der Waals surface area (Å²) in [6.45, 7) is 3.92. The molecule has 1 unspecified atom stereocenters. The van der Waals surface area contributed by atoms with E-state index < -0.39 is 23.5 Å². The summed E-state index contributed by atoms with van der Waals surface area (Å²) in [5, 5.41) is 5.81. The van der Waals surface area contributed by atoms with Gasteiger partial charge in [0.2, 0.25) is 5.91 Å². The second-order valence-electron chi connectivity index (χ2n) is 6.02. The molecule has 2 amide bonds. The monoisotopic (exact) mass is 442 g/mol. The lowest BCUT2D eigenvalue weighted by atomic mass is 10.1. The quantitative estimate of drug-likeness (QED) is 0.479. The molecule has 10 heteroatoms. The van der Waals surface area contributed by atoms with Crippen molar-refractivity contribution in [1.82, 2.24) is 10.6 Å². The first kappa shape index (κ1) is 22.7. The van der Waals surface area contributed by atoms with Crippen molar-refractivity contribution in [3.05, 3.63) is 44.2 Å². The number of halogens is 2. The van der Waals surface area contributed by atoms with Gasteiger partial charge in [-0.25, -0.2) is 9.59 Å². The molecule has 0 fully saturated rings. The highest BCUT2D eigenvalue weighted by atomic mass is 35.5. The number of hydrogen-bond donors (Lipinski definition) is 2. The van der Waals surface area contributed by atoms with Gasteiger partial charge in [0.1, 0.15) is 11.6 Å². The highest BCUT2D eigenvalue weighted by molar-refractivity contribution is 6.38. The molecular formula is C19H20Cl2N2O6. The third-order valence-corrected chi connectivity index (χ3v) is 4.41. The Kier molecular flexibility index (Phi) is 8.04. The van der Waals surface area contributed by atoms with Crippen LogP contribution < -0.4 is 16.3 Å². The highest BCUT2D eigenvalue weighted by Gasteiger charge is 2.25. The van der Waals surface area contributed by atoms with Gasteiger partial charge < -0.3 is 19.8 Å². The van der Waals surface area contributed by atoms with Crippen molar-refractivity contribution >= 4 is 52.0 Å². The van der Waals surface area contributed by atoms with E-state index in [9.17, 15) is 19.2 Å². The molecule has 0 saturated heterocycles. The molecule has 1 heterocycles. The maximum atomic E-state index is 12.6. The number of hydrogen-bond acceptors (Lipinski definition) is 6. The Morgan fingerprint density at radius 3 is 2.55 bits per heavy atom. The maximum absolute atomic E-state index is 12.6. The topological polar surface area (TPSA) is 115 Å². The van der Waals surface area contributed by atoms with E-state index in [1.54, 1.807) is 13.8 Å². The predicted octanol–water partition coefficient (Wildman–Crippen LogP) is 2.68. The largest absolute Gasteiger partial charge is 0.464 e. The van der Waals surface area contributed by atoms with E-state index in [1.807, 2.05) is 0 Å². The van der Waals surface area contributed by atoms with Gasteiger partial charge in [-0.05, 0) is 38.5 Å². The SMILES string of the molecule is CCNC(=O)CCC(NC(=O)c1cc2cc(Cl)cc(Cl)c2oc1=O)C(=O)OCC. The molecule has 29 heavy (non-hydrogen) atoms. The van der Waals surface area contributed by atoms with Crippen LogP contribution in [0, 0.1) is 0 Å². The minimum absolute atomic E-state index is 0.00482. The first-order chi connectivity index (χ1) is 13.8. The fourth-order valence-electron chi connectivity index (χ4n) is 2.60. The minimum Gasteiger partial charge on any atom is -0.464 e. The van der Waals surface area contributed by atoms with Gasteiger partial charge in [-0.3, -0.25) is 9.59 Å². The molecule has 0 radical (unpaired) electrons. The summed E-state index contributed by atoms with van der Waals surface area (Å²) in [4.78, 5) is 48.7. The summed E-state index contributed by atoms with van der Waals surface area (Å²) >= 11 is 12.0. The van der Waals surface area contributed by atoms with E-state index in [1.165, 1.54) is 18.2 Å². The summed E-state index contributed by atoms with van der Waals surface area (Å²) < 4.78 is 10.1. The Balaban J connectivity index is 2.27. The van der Waals surface area contributed by atoms with Crippen molar-refractivity contribution in [2.75, 3.05) is 13.2 Å². The van der Waals surface area contributed by atoms with Gasteiger partial charge in [0.25, 0.3) is 5.91 Å². The number of nitrogens with one attached hydrogen (secondary N) is 2. The van der Waals surface area contributed by atoms with E-state index in [0.29, 0.717) is 17.0 Å². The number of fused-ring (bicyclic) bond motifs is 1. The van der Waals surface area contributed by atoms with Crippen LogP contribution >= 0.6 is 23.2 Å². The molecule has 2 N–H and O–H groups in total. The van der Waals surface area contributed by atoms with Crippen molar-refractivity contribution in [1.29, 1.82) is 0 Å². The van der Waals surface area contributed by atoms with Gasteiger partial charge in [-0.2, -0.15) is 0 Å². The first-order valence-corrected chi connectivity index (χ1v) is 9.69. The predicted molar refractivity (Wildman–Crippen MR) is 108 cm³/mol. The summed E-state index contributed by atoms with van der Waals surface area (Å²) in [5.74, 6) is -1.82. The van der Waals surface area contributed by atoms with Gasteiger partial charge in [-0.15, -0.1) is 0 Å².